The molecule has 0 bridgehead atoms. The van der Waals surface area contributed by atoms with Crippen LogP contribution in [-0.2, 0) is 11.2 Å². The number of para-hydroxylation sites is 1. The van der Waals surface area contributed by atoms with E-state index in [1.54, 1.807) is 0 Å². The zero-order valence-electron chi connectivity index (χ0n) is 12.2. The molecule has 1 aromatic rings. The van der Waals surface area contributed by atoms with Crippen molar-refractivity contribution in [3.05, 3.63) is 29.8 Å². The van der Waals surface area contributed by atoms with Gasteiger partial charge in [-0.25, -0.2) is 0 Å². The summed E-state index contributed by atoms with van der Waals surface area (Å²) in [6, 6.07) is 8.58. The van der Waals surface area contributed by atoms with Gasteiger partial charge in [-0.05, 0) is 50.3 Å². The Labute approximate surface area is 121 Å². The monoisotopic (exact) mass is 272 g/mol. The van der Waals surface area contributed by atoms with E-state index < -0.39 is 0 Å². The predicted molar refractivity (Wildman–Crippen MR) is 81.6 cm³/mol. The number of benzene rings is 1. The Hall–Kier alpha value is -1.35. The third-order valence-electron chi connectivity index (χ3n) is 4.97. The summed E-state index contributed by atoms with van der Waals surface area (Å²) in [6.45, 7) is 2.79. The lowest BCUT2D eigenvalue weighted by atomic mass is 9.78. The minimum absolute atomic E-state index is 0.127. The smallest absolute Gasteiger partial charge is 0.230 e. The van der Waals surface area contributed by atoms with E-state index in [9.17, 15) is 4.79 Å². The van der Waals surface area contributed by atoms with Crippen LogP contribution in [0.3, 0.4) is 0 Å². The number of hydrogen-bond acceptors (Lipinski definition) is 2. The number of nitrogens with zero attached hydrogens (tertiary/aromatic N) is 1. The second-order valence-corrected chi connectivity index (χ2v) is 6.28. The van der Waals surface area contributed by atoms with Gasteiger partial charge in [0.05, 0.1) is 0 Å². The first kappa shape index (κ1) is 13.6. The van der Waals surface area contributed by atoms with Crippen LogP contribution in [0.4, 0.5) is 5.69 Å². The van der Waals surface area contributed by atoms with Crippen LogP contribution in [0.15, 0.2) is 24.3 Å². The van der Waals surface area contributed by atoms with Gasteiger partial charge in [0.1, 0.15) is 0 Å². The average molecular weight is 272 g/mol. The van der Waals surface area contributed by atoms with Gasteiger partial charge in [-0.1, -0.05) is 31.0 Å². The van der Waals surface area contributed by atoms with E-state index in [4.69, 9.17) is 5.73 Å². The van der Waals surface area contributed by atoms with Gasteiger partial charge < -0.3 is 10.6 Å². The van der Waals surface area contributed by atoms with Gasteiger partial charge in [0, 0.05) is 17.6 Å². The first-order valence-corrected chi connectivity index (χ1v) is 7.83. The molecule has 2 aliphatic rings. The molecule has 0 aromatic heterocycles. The number of fused-ring (bicyclic) bond motifs is 1. The van der Waals surface area contributed by atoms with Crippen molar-refractivity contribution in [1.29, 1.82) is 0 Å². The Morgan fingerprint density at radius 3 is 2.85 bits per heavy atom. The van der Waals surface area contributed by atoms with Crippen LogP contribution in [0, 0.1) is 11.8 Å². The maximum absolute atomic E-state index is 13.0. The molecule has 108 valence electrons. The summed E-state index contributed by atoms with van der Waals surface area (Å²) in [5, 5.41) is 0. The highest BCUT2D eigenvalue weighted by atomic mass is 16.2. The SMILES string of the molecule is CC1Cc2ccccc2N1C(=O)C1CCCCC1CN. The molecule has 0 radical (unpaired) electrons. The summed E-state index contributed by atoms with van der Waals surface area (Å²) in [6.07, 6.45) is 5.47. The Kier molecular flexibility index (Phi) is 3.79. The molecule has 3 rings (SSSR count). The van der Waals surface area contributed by atoms with Gasteiger partial charge in [-0.2, -0.15) is 0 Å². The van der Waals surface area contributed by atoms with Crippen LogP contribution in [0.1, 0.15) is 38.2 Å². The van der Waals surface area contributed by atoms with E-state index in [1.807, 2.05) is 11.0 Å². The third kappa shape index (κ3) is 2.24. The van der Waals surface area contributed by atoms with E-state index >= 15 is 0 Å². The summed E-state index contributed by atoms with van der Waals surface area (Å²) >= 11 is 0. The topological polar surface area (TPSA) is 46.3 Å². The summed E-state index contributed by atoms with van der Waals surface area (Å²) in [4.78, 5) is 15.0. The lowest BCUT2D eigenvalue weighted by Gasteiger charge is -2.34. The van der Waals surface area contributed by atoms with Crippen LogP contribution < -0.4 is 10.6 Å². The molecule has 0 spiro atoms. The van der Waals surface area contributed by atoms with Crippen LogP contribution in [0.5, 0.6) is 0 Å². The number of rotatable bonds is 2. The van der Waals surface area contributed by atoms with E-state index in [2.05, 4.69) is 25.1 Å². The van der Waals surface area contributed by atoms with Gasteiger partial charge in [0.25, 0.3) is 0 Å². The van der Waals surface area contributed by atoms with Crippen molar-refractivity contribution in [2.24, 2.45) is 17.6 Å². The quantitative estimate of drug-likeness (QED) is 0.900. The van der Waals surface area contributed by atoms with E-state index in [1.165, 1.54) is 12.0 Å². The number of nitrogens with two attached hydrogens (primary N) is 1. The molecule has 1 fully saturated rings. The minimum atomic E-state index is 0.127. The highest BCUT2D eigenvalue weighted by Crippen LogP contribution is 2.37. The van der Waals surface area contributed by atoms with E-state index in [0.29, 0.717) is 18.4 Å². The first-order valence-electron chi connectivity index (χ1n) is 7.83. The molecular weight excluding hydrogens is 248 g/mol. The minimum Gasteiger partial charge on any atom is -0.330 e. The van der Waals surface area contributed by atoms with Crippen molar-refractivity contribution in [1.82, 2.24) is 0 Å². The number of amides is 1. The second-order valence-electron chi connectivity index (χ2n) is 6.28. The van der Waals surface area contributed by atoms with Crippen molar-refractivity contribution >= 4 is 11.6 Å². The second kappa shape index (κ2) is 5.57. The highest BCUT2D eigenvalue weighted by Gasteiger charge is 2.38. The molecule has 3 atom stereocenters. The van der Waals surface area contributed by atoms with Crippen molar-refractivity contribution in [3.63, 3.8) is 0 Å². The van der Waals surface area contributed by atoms with Crippen molar-refractivity contribution in [3.8, 4) is 0 Å². The summed E-state index contributed by atoms with van der Waals surface area (Å²) < 4.78 is 0. The number of hydrogen-bond donors (Lipinski definition) is 1. The Balaban J connectivity index is 1.86. The maximum Gasteiger partial charge on any atom is 0.230 e. The van der Waals surface area contributed by atoms with E-state index in [-0.39, 0.29) is 12.0 Å². The Bertz CT molecular complexity index is 500. The van der Waals surface area contributed by atoms with Crippen LogP contribution in [0.25, 0.3) is 0 Å². The molecule has 2 N–H and O–H groups in total. The molecular formula is C17H24N2O. The fraction of sp³-hybridized carbons (Fsp3) is 0.588. The maximum atomic E-state index is 13.0. The van der Waals surface area contributed by atoms with Crippen molar-refractivity contribution in [2.75, 3.05) is 11.4 Å². The number of carbonyl (C=O) groups excluding carboxylic acids is 1. The summed E-state index contributed by atoms with van der Waals surface area (Å²) in [5.74, 6) is 0.802. The largest absolute Gasteiger partial charge is 0.330 e. The van der Waals surface area contributed by atoms with Gasteiger partial charge in [0.15, 0.2) is 0 Å². The molecule has 3 nitrogen and oxygen atoms in total. The molecule has 3 unspecified atom stereocenters. The lowest BCUT2D eigenvalue weighted by Crippen LogP contribution is -2.44. The van der Waals surface area contributed by atoms with Crippen molar-refractivity contribution in [2.45, 2.75) is 45.1 Å². The fourth-order valence-electron chi connectivity index (χ4n) is 3.89. The lowest BCUT2D eigenvalue weighted by molar-refractivity contribution is -0.125. The molecule has 1 aliphatic heterocycles. The molecule has 0 saturated heterocycles. The molecule has 20 heavy (non-hydrogen) atoms. The molecule has 1 saturated carbocycles. The van der Waals surface area contributed by atoms with Crippen molar-refractivity contribution < 1.29 is 4.79 Å². The first-order chi connectivity index (χ1) is 9.72. The van der Waals surface area contributed by atoms with Gasteiger partial charge in [-0.3, -0.25) is 4.79 Å². The standard InChI is InChI=1S/C17H24N2O/c1-12-10-13-6-3-5-9-16(13)19(12)17(20)15-8-4-2-7-14(15)11-18/h3,5-6,9,12,14-15H,2,4,7-8,10-11,18H2,1H3. The predicted octanol–water partition coefficient (Wildman–Crippen LogP) is 2.73. The Morgan fingerprint density at radius 1 is 1.30 bits per heavy atom. The van der Waals surface area contributed by atoms with Crippen LogP contribution >= 0.6 is 0 Å². The molecule has 1 amide bonds. The zero-order chi connectivity index (χ0) is 14.1. The van der Waals surface area contributed by atoms with Crippen LogP contribution in [0.2, 0.25) is 0 Å². The van der Waals surface area contributed by atoms with Crippen LogP contribution in [-0.4, -0.2) is 18.5 Å². The zero-order valence-corrected chi connectivity index (χ0v) is 12.2. The summed E-state index contributed by atoms with van der Waals surface area (Å²) in [7, 11) is 0. The van der Waals surface area contributed by atoms with Gasteiger partial charge in [-0.15, -0.1) is 0 Å². The average Bonchev–Trinajstić information content (AvgIpc) is 2.82. The molecule has 1 aromatic carbocycles. The van der Waals surface area contributed by atoms with Gasteiger partial charge in [0.2, 0.25) is 5.91 Å². The third-order valence-corrected chi connectivity index (χ3v) is 4.97. The highest BCUT2D eigenvalue weighted by molar-refractivity contribution is 5.97. The van der Waals surface area contributed by atoms with Gasteiger partial charge >= 0.3 is 0 Å². The molecule has 1 heterocycles. The summed E-state index contributed by atoms with van der Waals surface area (Å²) in [5.41, 5.74) is 8.31. The molecule has 1 aliphatic carbocycles. The van der Waals surface area contributed by atoms with E-state index in [0.717, 1.165) is 31.4 Å². The normalized spacial score (nSPS) is 29.3. The Morgan fingerprint density at radius 2 is 2.05 bits per heavy atom. The number of carbonyl (C=O) groups is 1. The number of anilines is 1. The molecule has 3 heteroatoms. The fourth-order valence-corrected chi connectivity index (χ4v) is 3.89.